The number of hydrogen-bond donors (Lipinski definition) is 1. The lowest BCUT2D eigenvalue weighted by Crippen LogP contribution is -2.47. The Labute approximate surface area is 131 Å². The van der Waals surface area contributed by atoms with Crippen LogP contribution in [0.3, 0.4) is 0 Å². The molecule has 2 N–H and O–H groups in total. The van der Waals surface area contributed by atoms with Gasteiger partial charge in [-0.05, 0) is 79.9 Å². The van der Waals surface area contributed by atoms with Gasteiger partial charge in [-0.3, -0.25) is 0 Å². The van der Waals surface area contributed by atoms with Gasteiger partial charge in [-0.2, -0.15) is 0 Å². The first kappa shape index (κ1) is 13.8. The molecule has 2 nitrogen and oxygen atoms in total. The number of nitrogens with two attached hydrogens (primary N) is 1. The lowest BCUT2D eigenvalue weighted by Gasteiger charge is -2.56. The monoisotopic (exact) mass is 303 g/mol. The predicted molar refractivity (Wildman–Crippen MR) is 88.7 cm³/mol. The number of methoxy groups -OCH3 is 1. The van der Waals surface area contributed by atoms with E-state index in [9.17, 15) is 0 Å². The Bertz CT molecular complexity index is 507. The molecule has 4 aliphatic carbocycles. The second kappa shape index (κ2) is 5.12. The molecule has 21 heavy (non-hydrogen) atoms. The van der Waals surface area contributed by atoms with E-state index >= 15 is 0 Å². The minimum Gasteiger partial charge on any atom is -0.497 e. The van der Waals surface area contributed by atoms with E-state index in [2.05, 4.69) is 6.07 Å². The molecule has 4 saturated carbocycles. The summed E-state index contributed by atoms with van der Waals surface area (Å²) >= 11 is 1.96. The van der Waals surface area contributed by atoms with Crippen LogP contribution >= 0.6 is 11.8 Å². The maximum atomic E-state index is 6.15. The summed E-state index contributed by atoms with van der Waals surface area (Å²) in [5.74, 6) is 5.24. The van der Waals surface area contributed by atoms with Crippen LogP contribution in [0, 0.1) is 23.2 Å². The van der Waals surface area contributed by atoms with E-state index in [4.69, 9.17) is 10.5 Å². The molecule has 0 radical (unpaired) electrons. The van der Waals surface area contributed by atoms with Gasteiger partial charge < -0.3 is 10.5 Å². The van der Waals surface area contributed by atoms with Crippen molar-refractivity contribution in [3.8, 4) is 5.75 Å². The fourth-order valence-electron chi connectivity index (χ4n) is 5.46. The standard InChI is InChI=1S/C18H25NOS/c1-20-15-2-3-16(19)17(7-15)21-11-18-8-12-4-13(9-18)6-14(5-12)10-18/h2-3,7,12-14H,4-6,8-11,19H2,1H3. The van der Waals surface area contributed by atoms with Crippen LogP contribution in [-0.2, 0) is 0 Å². The van der Waals surface area contributed by atoms with Crippen molar-refractivity contribution in [2.24, 2.45) is 23.2 Å². The molecule has 4 fully saturated rings. The summed E-state index contributed by atoms with van der Waals surface area (Å²) in [6.45, 7) is 0. The van der Waals surface area contributed by atoms with Crippen LogP contribution in [0.2, 0.25) is 0 Å². The lowest BCUT2D eigenvalue weighted by molar-refractivity contribution is -0.0381. The molecule has 0 spiro atoms. The Kier molecular flexibility index (Phi) is 3.36. The van der Waals surface area contributed by atoms with Gasteiger partial charge in [0.1, 0.15) is 5.75 Å². The van der Waals surface area contributed by atoms with E-state index in [1.54, 1.807) is 7.11 Å². The Balaban J connectivity index is 1.49. The normalized spacial score (nSPS) is 36.9. The van der Waals surface area contributed by atoms with Crippen molar-refractivity contribution in [1.29, 1.82) is 0 Å². The van der Waals surface area contributed by atoms with E-state index in [1.165, 1.54) is 49.2 Å². The molecule has 0 unspecified atom stereocenters. The summed E-state index contributed by atoms with van der Waals surface area (Å²) in [5, 5.41) is 0. The Morgan fingerprint density at radius 2 is 1.76 bits per heavy atom. The van der Waals surface area contributed by atoms with Crippen LogP contribution in [0.4, 0.5) is 5.69 Å². The molecule has 1 aromatic rings. The largest absolute Gasteiger partial charge is 0.497 e. The Hall–Kier alpha value is -0.830. The summed E-state index contributed by atoms with van der Waals surface area (Å²) in [6.07, 6.45) is 8.96. The van der Waals surface area contributed by atoms with E-state index in [0.29, 0.717) is 5.41 Å². The van der Waals surface area contributed by atoms with Gasteiger partial charge in [-0.1, -0.05) is 0 Å². The topological polar surface area (TPSA) is 35.2 Å². The molecule has 0 aromatic heterocycles. The molecule has 4 bridgehead atoms. The highest BCUT2D eigenvalue weighted by molar-refractivity contribution is 7.99. The zero-order valence-electron chi connectivity index (χ0n) is 12.8. The lowest BCUT2D eigenvalue weighted by atomic mass is 9.50. The van der Waals surface area contributed by atoms with Crippen molar-refractivity contribution in [1.82, 2.24) is 0 Å². The Morgan fingerprint density at radius 1 is 1.14 bits per heavy atom. The molecule has 0 aliphatic heterocycles. The Morgan fingerprint density at radius 3 is 2.33 bits per heavy atom. The van der Waals surface area contributed by atoms with Crippen LogP contribution < -0.4 is 10.5 Å². The highest BCUT2D eigenvalue weighted by Gasteiger charge is 2.50. The summed E-state index contributed by atoms with van der Waals surface area (Å²) < 4.78 is 5.34. The number of nitrogen functional groups attached to an aromatic ring is 1. The van der Waals surface area contributed by atoms with Crippen molar-refractivity contribution >= 4 is 17.4 Å². The number of benzene rings is 1. The average molecular weight is 303 g/mol. The van der Waals surface area contributed by atoms with Crippen molar-refractivity contribution in [2.75, 3.05) is 18.6 Å². The maximum Gasteiger partial charge on any atom is 0.120 e. The van der Waals surface area contributed by atoms with Crippen molar-refractivity contribution in [3.63, 3.8) is 0 Å². The molecule has 3 heteroatoms. The molecule has 0 atom stereocenters. The van der Waals surface area contributed by atoms with E-state index < -0.39 is 0 Å². The molecule has 0 amide bonds. The van der Waals surface area contributed by atoms with Crippen LogP contribution in [-0.4, -0.2) is 12.9 Å². The molecule has 1 aromatic carbocycles. The molecule has 0 saturated heterocycles. The van der Waals surface area contributed by atoms with Gasteiger partial charge in [0.15, 0.2) is 0 Å². The third-order valence-corrected chi connectivity index (χ3v) is 7.34. The quantitative estimate of drug-likeness (QED) is 0.653. The van der Waals surface area contributed by atoms with Crippen LogP contribution in [0.1, 0.15) is 38.5 Å². The molecule has 114 valence electrons. The van der Waals surface area contributed by atoms with Crippen molar-refractivity contribution in [3.05, 3.63) is 18.2 Å². The highest BCUT2D eigenvalue weighted by Crippen LogP contribution is 2.61. The number of hydrogen-bond acceptors (Lipinski definition) is 3. The molecule has 5 rings (SSSR count). The molecular formula is C18H25NOS. The summed E-state index contributed by atoms with van der Waals surface area (Å²) in [5.41, 5.74) is 7.65. The molecular weight excluding hydrogens is 278 g/mol. The SMILES string of the molecule is COc1ccc(N)c(SCC23CC4CC(CC(C4)C2)C3)c1. The summed E-state index contributed by atoms with van der Waals surface area (Å²) in [6, 6.07) is 6.02. The third kappa shape index (κ3) is 2.54. The van der Waals surface area contributed by atoms with Gasteiger partial charge in [0, 0.05) is 16.3 Å². The van der Waals surface area contributed by atoms with E-state index in [1.807, 2.05) is 23.9 Å². The number of rotatable bonds is 4. The first-order valence-corrected chi connectivity index (χ1v) is 9.21. The maximum absolute atomic E-state index is 6.15. The minimum absolute atomic E-state index is 0.606. The number of thioether (sulfide) groups is 1. The smallest absolute Gasteiger partial charge is 0.120 e. The van der Waals surface area contributed by atoms with Gasteiger partial charge in [0.2, 0.25) is 0 Å². The van der Waals surface area contributed by atoms with Crippen LogP contribution in [0.25, 0.3) is 0 Å². The summed E-state index contributed by atoms with van der Waals surface area (Å²) in [7, 11) is 1.72. The second-order valence-corrected chi connectivity index (χ2v) is 8.63. The minimum atomic E-state index is 0.606. The van der Waals surface area contributed by atoms with Crippen molar-refractivity contribution in [2.45, 2.75) is 43.4 Å². The fraction of sp³-hybridized carbons (Fsp3) is 0.667. The van der Waals surface area contributed by atoms with E-state index in [-0.39, 0.29) is 0 Å². The van der Waals surface area contributed by atoms with Crippen molar-refractivity contribution < 1.29 is 4.74 Å². The van der Waals surface area contributed by atoms with Gasteiger partial charge >= 0.3 is 0 Å². The third-order valence-electron chi connectivity index (χ3n) is 5.92. The van der Waals surface area contributed by atoms with Gasteiger partial charge in [-0.25, -0.2) is 0 Å². The first-order valence-electron chi connectivity index (χ1n) is 8.22. The summed E-state index contributed by atoms with van der Waals surface area (Å²) in [4.78, 5) is 1.20. The van der Waals surface area contributed by atoms with Crippen LogP contribution in [0.15, 0.2) is 23.1 Å². The first-order chi connectivity index (χ1) is 10.2. The van der Waals surface area contributed by atoms with Gasteiger partial charge in [0.25, 0.3) is 0 Å². The fourth-order valence-corrected chi connectivity index (χ4v) is 6.71. The van der Waals surface area contributed by atoms with Gasteiger partial charge in [0.05, 0.1) is 7.11 Å². The average Bonchev–Trinajstić information content (AvgIpc) is 2.45. The zero-order chi connectivity index (χ0) is 14.4. The molecule has 4 aliphatic rings. The highest BCUT2D eigenvalue weighted by atomic mass is 32.2. The zero-order valence-corrected chi connectivity index (χ0v) is 13.6. The number of anilines is 1. The molecule has 0 heterocycles. The van der Waals surface area contributed by atoms with Crippen LogP contribution in [0.5, 0.6) is 5.75 Å². The predicted octanol–water partition coefficient (Wildman–Crippen LogP) is 4.59. The van der Waals surface area contributed by atoms with Gasteiger partial charge in [-0.15, -0.1) is 11.8 Å². The second-order valence-electron chi connectivity index (χ2n) is 7.61. The van der Waals surface area contributed by atoms with E-state index in [0.717, 1.165) is 29.2 Å². The number of ether oxygens (including phenoxy) is 1.